The van der Waals surface area contributed by atoms with Crippen molar-refractivity contribution in [2.24, 2.45) is 5.92 Å². The minimum atomic E-state index is -4.10. The Morgan fingerprint density at radius 1 is 1.39 bits per heavy atom. The van der Waals surface area contributed by atoms with Crippen LogP contribution in [0.1, 0.15) is 27.2 Å². The van der Waals surface area contributed by atoms with E-state index in [0.717, 1.165) is 19.5 Å². The van der Waals surface area contributed by atoms with Crippen LogP contribution in [0.4, 0.5) is 13.2 Å². The van der Waals surface area contributed by atoms with Crippen molar-refractivity contribution in [1.82, 2.24) is 10.2 Å². The number of halogens is 3. The van der Waals surface area contributed by atoms with E-state index >= 15 is 0 Å². The fraction of sp³-hybridized carbons (Fsp3) is 1.00. The van der Waals surface area contributed by atoms with Gasteiger partial charge in [-0.25, -0.2) is 0 Å². The molecule has 1 rings (SSSR count). The van der Waals surface area contributed by atoms with Crippen LogP contribution in [0.3, 0.4) is 0 Å². The molecule has 1 N–H and O–H groups in total. The molecular weight excluding hydrogens is 261 g/mol. The fourth-order valence-electron chi connectivity index (χ4n) is 2.36. The number of hydrogen-bond donors (Lipinski definition) is 1. The second kappa shape index (κ2) is 7.01. The lowest BCUT2D eigenvalue weighted by molar-refractivity contribution is -0.0329. The van der Waals surface area contributed by atoms with Gasteiger partial charge in [-0.05, 0) is 31.0 Å². The number of piperazine rings is 1. The van der Waals surface area contributed by atoms with Crippen LogP contribution in [0.25, 0.3) is 0 Å². The summed E-state index contributed by atoms with van der Waals surface area (Å²) in [5.41, 5.74) is -4.10. The lowest BCUT2D eigenvalue weighted by atomic mass is 9.99. The Kier molecular flexibility index (Phi) is 6.27. The number of rotatable bonds is 5. The minimum Gasteiger partial charge on any atom is -0.311 e. The lowest BCUT2D eigenvalue weighted by Crippen LogP contribution is -2.56. The zero-order chi connectivity index (χ0) is 13.8. The largest absolute Gasteiger partial charge is 0.441 e. The predicted molar refractivity (Wildman–Crippen MR) is 70.8 cm³/mol. The van der Waals surface area contributed by atoms with Gasteiger partial charge in [0.2, 0.25) is 0 Å². The molecule has 6 heteroatoms. The SMILES string of the molecule is CC(C)CC1CNC(C)CN1CCSC(F)(F)F. The Hall–Kier alpha value is 0.0600. The zero-order valence-corrected chi connectivity index (χ0v) is 12.1. The molecule has 0 aliphatic carbocycles. The van der Waals surface area contributed by atoms with Crippen molar-refractivity contribution < 1.29 is 13.2 Å². The summed E-state index contributed by atoms with van der Waals surface area (Å²) in [5, 5.41) is 3.40. The average molecular weight is 284 g/mol. The smallest absolute Gasteiger partial charge is 0.311 e. The summed E-state index contributed by atoms with van der Waals surface area (Å²) < 4.78 is 36.4. The summed E-state index contributed by atoms with van der Waals surface area (Å²) in [6.45, 7) is 8.64. The minimum absolute atomic E-state index is 0.0873. The first-order valence-electron chi connectivity index (χ1n) is 6.46. The third kappa shape index (κ3) is 6.29. The summed E-state index contributed by atoms with van der Waals surface area (Å²) in [4.78, 5) is 2.21. The van der Waals surface area contributed by atoms with Crippen LogP contribution in [0.5, 0.6) is 0 Å². The summed E-state index contributed by atoms with van der Waals surface area (Å²) in [6.07, 6.45) is 1.04. The Morgan fingerprint density at radius 2 is 2.06 bits per heavy atom. The second-order valence-corrected chi connectivity index (χ2v) is 6.54. The van der Waals surface area contributed by atoms with Crippen LogP contribution in [0, 0.1) is 5.92 Å². The van der Waals surface area contributed by atoms with Gasteiger partial charge in [0.1, 0.15) is 0 Å². The molecule has 108 valence electrons. The van der Waals surface area contributed by atoms with E-state index in [9.17, 15) is 13.2 Å². The predicted octanol–water partition coefficient (Wildman–Crippen LogP) is 2.95. The summed E-state index contributed by atoms with van der Waals surface area (Å²) in [6, 6.07) is 0.735. The Morgan fingerprint density at radius 3 is 2.61 bits per heavy atom. The fourth-order valence-corrected chi connectivity index (χ4v) is 2.92. The lowest BCUT2D eigenvalue weighted by Gasteiger charge is -2.40. The van der Waals surface area contributed by atoms with Gasteiger partial charge in [0.25, 0.3) is 0 Å². The van der Waals surface area contributed by atoms with E-state index in [4.69, 9.17) is 0 Å². The van der Waals surface area contributed by atoms with Crippen molar-refractivity contribution in [3.8, 4) is 0 Å². The molecule has 0 aromatic heterocycles. The topological polar surface area (TPSA) is 15.3 Å². The molecule has 0 amide bonds. The molecule has 1 saturated heterocycles. The van der Waals surface area contributed by atoms with Crippen molar-refractivity contribution in [3.05, 3.63) is 0 Å². The first kappa shape index (κ1) is 16.1. The third-order valence-corrected chi connectivity index (χ3v) is 3.83. The molecule has 1 aliphatic rings. The molecule has 2 nitrogen and oxygen atoms in total. The monoisotopic (exact) mass is 284 g/mol. The van der Waals surface area contributed by atoms with E-state index < -0.39 is 5.51 Å². The van der Waals surface area contributed by atoms with E-state index in [1.165, 1.54) is 0 Å². The van der Waals surface area contributed by atoms with Gasteiger partial charge in [0, 0.05) is 37.5 Å². The van der Waals surface area contributed by atoms with Crippen molar-refractivity contribution in [2.45, 2.75) is 44.8 Å². The first-order valence-corrected chi connectivity index (χ1v) is 7.44. The van der Waals surface area contributed by atoms with Crippen molar-refractivity contribution in [2.75, 3.05) is 25.4 Å². The first-order chi connectivity index (χ1) is 8.28. The summed E-state index contributed by atoms with van der Waals surface area (Å²) >= 11 is 0.0873. The summed E-state index contributed by atoms with van der Waals surface area (Å²) in [5.74, 6) is 0.702. The molecule has 2 unspecified atom stereocenters. The van der Waals surface area contributed by atoms with Crippen LogP contribution in [0.15, 0.2) is 0 Å². The number of hydrogen-bond acceptors (Lipinski definition) is 3. The van der Waals surface area contributed by atoms with Gasteiger partial charge in [-0.2, -0.15) is 13.2 Å². The Labute approximate surface area is 112 Å². The van der Waals surface area contributed by atoms with E-state index in [2.05, 4.69) is 31.0 Å². The molecular formula is C12H23F3N2S. The normalized spacial score (nSPS) is 26.8. The Bertz CT molecular complexity index is 246. The van der Waals surface area contributed by atoms with Gasteiger partial charge in [-0.1, -0.05) is 13.8 Å². The van der Waals surface area contributed by atoms with Crippen LogP contribution < -0.4 is 5.32 Å². The van der Waals surface area contributed by atoms with Crippen molar-refractivity contribution in [1.29, 1.82) is 0 Å². The number of nitrogens with one attached hydrogen (secondary N) is 1. The molecule has 0 radical (unpaired) electrons. The Balaban J connectivity index is 2.41. The zero-order valence-electron chi connectivity index (χ0n) is 11.3. The van der Waals surface area contributed by atoms with Crippen LogP contribution in [0.2, 0.25) is 0 Å². The highest BCUT2D eigenvalue weighted by atomic mass is 32.2. The van der Waals surface area contributed by atoms with Gasteiger partial charge in [0.15, 0.2) is 0 Å². The highest BCUT2D eigenvalue weighted by Crippen LogP contribution is 2.30. The van der Waals surface area contributed by atoms with Gasteiger partial charge in [0.05, 0.1) is 0 Å². The van der Waals surface area contributed by atoms with Gasteiger partial charge in [-0.15, -0.1) is 0 Å². The van der Waals surface area contributed by atoms with E-state index in [1.807, 2.05) is 0 Å². The number of nitrogens with zero attached hydrogens (tertiary/aromatic N) is 1. The molecule has 1 fully saturated rings. The maximum Gasteiger partial charge on any atom is 0.441 e. The molecule has 0 spiro atoms. The molecule has 18 heavy (non-hydrogen) atoms. The summed E-state index contributed by atoms with van der Waals surface area (Å²) in [7, 11) is 0. The van der Waals surface area contributed by atoms with Gasteiger partial charge < -0.3 is 5.32 Å². The van der Waals surface area contributed by atoms with Crippen LogP contribution in [-0.4, -0.2) is 47.9 Å². The third-order valence-electron chi connectivity index (χ3n) is 3.11. The molecule has 0 saturated carbocycles. The molecule has 1 aliphatic heterocycles. The van der Waals surface area contributed by atoms with Crippen LogP contribution in [-0.2, 0) is 0 Å². The maximum absolute atomic E-state index is 12.1. The molecule has 2 atom stereocenters. The maximum atomic E-state index is 12.1. The van der Waals surface area contributed by atoms with Crippen LogP contribution >= 0.6 is 11.8 Å². The molecule has 0 aromatic carbocycles. The van der Waals surface area contributed by atoms with Gasteiger partial charge >= 0.3 is 5.51 Å². The standard InChI is InChI=1S/C12H23F3N2S/c1-9(2)6-11-7-16-10(3)8-17(11)4-5-18-12(13,14)15/h9-11,16H,4-8H2,1-3H3. The van der Waals surface area contributed by atoms with Crippen molar-refractivity contribution >= 4 is 11.8 Å². The second-order valence-electron chi connectivity index (χ2n) is 5.38. The highest BCUT2D eigenvalue weighted by Gasteiger charge is 2.30. The number of alkyl halides is 3. The molecule has 1 heterocycles. The highest BCUT2D eigenvalue weighted by molar-refractivity contribution is 8.00. The van der Waals surface area contributed by atoms with E-state index in [0.29, 0.717) is 24.5 Å². The number of thioether (sulfide) groups is 1. The quantitative estimate of drug-likeness (QED) is 0.835. The van der Waals surface area contributed by atoms with Crippen molar-refractivity contribution in [3.63, 3.8) is 0 Å². The molecule has 0 bridgehead atoms. The van der Waals surface area contributed by atoms with E-state index in [-0.39, 0.29) is 17.5 Å². The average Bonchev–Trinajstić information content (AvgIpc) is 2.19. The van der Waals surface area contributed by atoms with Gasteiger partial charge in [-0.3, -0.25) is 4.90 Å². The molecule has 0 aromatic rings. The van der Waals surface area contributed by atoms with E-state index in [1.54, 1.807) is 0 Å².